The second kappa shape index (κ2) is 6.60. The van der Waals surface area contributed by atoms with E-state index in [1.165, 1.54) is 6.07 Å². The number of nitrogens with zero attached hydrogens (tertiary/aromatic N) is 2. The molecule has 0 unspecified atom stereocenters. The van der Waals surface area contributed by atoms with Crippen molar-refractivity contribution >= 4 is 46.8 Å². The van der Waals surface area contributed by atoms with Crippen LogP contribution in [-0.2, 0) is 0 Å². The Morgan fingerprint density at radius 3 is 2.64 bits per heavy atom. The van der Waals surface area contributed by atoms with Crippen LogP contribution in [0.3, 0.4) is 0 Å². The summed E-state index contributed by atoms with van der Waals surface area (Å²) in [6, 6.07) is 7.03. The number of hydrogen-bond donors (Lipinski definition) is 1. The Balaban J connectivity index is 1.73. The summed E-state index contributed by atoms with van der Waals surface area (Å²) in [5.74, 6) is 1.75. The van der Waals surface area contributed by atoms with Crippen LogP contribution in [0, 0.1) is 0 Å². The number of benzene rings is 1. The summed E-state index contributed by atoms with van der Waals surface area (Å²) in [5, 5.41) is 4.84. The zero-order valence-electron chi connectivity index (χ0n) is 11.1. The summed E-state index contributed by atoms with van der Waals surface area (Å²) in [6.07, 6.45) is 1.61. The third-order valence-corrected chi connectivity index (χ3v) is 3.80. The lowest BCUT2D eigenvalue weighted by Crippen LogP contribution is -2.15. The molecule has 114 valence electrons. The van der Waals surface area contributed by atoms with Gasteiger partial charge >= 0.3 is 0 Å². The summed E-state index contributed by atoms with van der Waals surface area (Å²) >= 11 is 17.6. The number of nitrogens with one attached hydrogen (secondary N) is 1. The highest BCUT2D eigenvalue weighted by Gasteiger charge is 2.11. The zero-order chi connectivity index (χ0) is 15.5. The molecule has 0 atom stereocenters. The van der Waals surface area contributed by atoms with Gasteiger partial charge in [0.15, 0.2) is 17.3 Å². The first-order valence-electron chi connectivity index (χ1n) is 6.34. The van der Waals surface area contributed by atoms with Gasteiger partial charge in [0.25, 0.3) is 0 Å². The minimum Gasteiger partial charge on any atom is -0.486 e. The third-order valence-electron chi connectivity index (χ3n) is 2.84. The second-order valence-corrected chi connectivity index (χ2v) is 5.54. The molecule has 1 aliphatic rings. The molecule has 0 aliphatic carbocycles. The van der Waals surface area contributed by atoms with Crippen molar-refractivity contribution in [1.29, 1.82) is 0 Å². The van der Waals surface area contributed by atoms with Crippen molar-refractivity contribution in [3.63, 3.8) is 0 Å². The molecule has 1 aromatic carbocycles. The van der Waals surface area contributed by atoms with Crippen LogP contribution in [-0.4, -0.2) is 24.4 Å². The topological polar surface area (TPSA) is 55.7 Å². The van der Waals surface area contributed by atoms with Gasteiger partial charge in [0.2, 0.25) is 0 Å². The molecular weight excluding hydrogens is 349 g/mol. The van der Waals surface area contributed by atoms with Crippen LogP contribution in [0.5, 0.6) is 11.5 Å². The Bertz CT molecular complexity index is 738. The lowest BCUT2D eigenvalue weighted by atomic mass is 10.2. The Labute approximate surface area is 141 Å². The van der Waals surface area contributed by atoms with E-state index in [-0.39, 0.29) is 10.2 Å². The monoisotopic (exact) mass is 357 g/mol. The average molecular weight is 359 g/mol. The Hall–Kier alpha value is -1.69. The molecular formula is C14H10Cl3N3O2. The number of ether oxygens (including phenoxy) is 2. The van der Waals surface area contributed by atoms with Gasteiger partial charge in [-0.25, -0.2) is 4.98 Å². The van der Waals surface area contributed by atoms with E-state index in [0.29, 0.717) is 29.8 Å². The molecule has 2 aromatic rings. The molecule has 3 rings (SSSR count). The van der Waals surface area contributed by atoms with Crippen molar-refractivity contribution in [1.82, 2.24) is 4.98 Å². The Kier molecular flexibility index (Phi) is 4.57. The molecule has 1 aromatic heterocycles. The molecule has 0 fully saturated rings. The van der Waals surface area contributed by atoms with E-state index in [1.807, 2.05) is 18.2 Å². The fourth-order valence-corrected chi connectivity index (χ4v) is 2.37. The number of aromatic nitrogens is 1. The highest BCUT2D eigenvalue weighted by atomic mass is 35.5. The van der Waals surface area contributed by atoms with Crippen LogP contribution in [0.2, 0.25) is 15.2 Å². The number of hydrogen-bond acceptors (Lipinski definition) is 5. The van der Waals surface area contributed by atoms with Gasteiger partial charge < -0.3 is 9.47 Å². The van der Waals surface area contributed by atoms with Crippen molar-refractivity contribution < 1.29 is 9.47 Å². The smallest absolute Gasteiger partial charge is 0.166 e. The Morgan fingerprint density at radius 2 is 1.82 bits per heavy atom. The molecule has 8 heteroatoms. The summed E-state index contributed by atoms with van der Waals surface area (Å²) < 4.78 is 11.0. The van der Waals surface area contributed by atoms with E-state index in [4.69, 9.17) is 44.3 Å². The normalized spacial score (nSPS) is 13.4. The van der Waals surface area contributed by atoms with Crippen molar-refractivity contribution in [2.45, 2.75) is 0 Å². The van der Waals surface area contributed by atoms with Gasteiger partial charge in [-0.2, -0.15) is 5.10 Å². The molecule has 2 heterocycles. The molecule has 0 saturated carbocycles. The SMILES string of the molecule is Clc1cc(Cl)c(NN=Cc2ccc3c(c2)OCCO3)nc1Cl. The van der Waals surface area contributed by atoms with E-state index in [1.54, 1.807) is 6.21 Å². The summed E-state index contributed by atoms with van der Waals surface area (Å²) in [5.41, 5.74) is 3.56. The maximum Gasteiger partial charge on any atom is 0.166 e. The first kappa shape index (κ1) is 15.2. The highest BCUT2D eigenvalue weighted by Crippen LogP contribution is 2.31. The van der Waals surface area contributed by atoms with Gasteiger partial charge in [0.1, 0.15) is 18.4 Å². The van der Waals surface area contributed by atoms with Gasteiger partial charge in [0, 0.05) is 0 Å². The average Bonchev–Trinajstić information content (AvgIpc) is 2.52. The lowest BCUT2D eigenvalue weighted by Gasteiger charge is -2.18. The maximum atomic E-state index is 6.00. The maximum absolute atomic E-state index is 6.00. The number of pyridine rings is 1. The summed E-state index contributed by atoms with van der Waals surface area (Å²) in [4.78, 5) is 4.01. The predicted molar refractivity (Wildman–Crippen MR) is 87.9 cm³/mol. The quantitative estimate of drug-likeness (QED) is 0.506. The van der Waals surface area contributed by atoms with Crippen molar-refractivity contribution in [2.75, 3.05) is 18.6 Å². The summed E-state index contributed by atoms with van der Waals surface area (Å²) in [6.45, 7) is 1.10. The fraction of sp³-hybridized carbons (Fsp3) is 0.143. The standard InChI is InChI=1S/C14H10Cl3N3O2/c15-9-6-10(16)14(19-13(9)17)20-18-7-8-1-2-11-12(5-8)22-4-3-21-11/h1-2,5-7H,3-4H2,(H,19,20). The minimum atomic E-state index is 0.156. The van der Waals surface area contributed by atoms with Crippen molar-refractivity contribution in [2.24, 2.45) is 5.10 Å². The van der Waals surface area contributed by atoms with Crippen LogP contribution in [0.1, 0.15) is 5.56 Å². The van der Waals surface area contributed by atoms with Crippen molar-refractivity contribution in [3.05, 3.63) is 45.0 Å². The van der Waals surface area contributed by atoms with E-state index in [0.717, 1.165) is 11.3 Å². The molecule has 0 amide bonds. The van der Waals surface area contributed by atoms with Crippen molar-refractivity contribution in [3.8, 4) is 11.5 Å². The number of anilines is 1. The molecule has 1 N–H and O–H groups in total. The van der Waals surface area contributed by atoms with E-state index < -0.39 is 0 Å². The number of rotatable bonds is 3. The second-order valence-electron chi connectivity index (χ2n) is 4.36. The zero-order valence-corrected chi connectivity index (χ0v) is 13.4. The van der Waals surface area contributed by atoms with Gasteiger partial charge in [-0.15, -0.1) is 0 Å². The lowest BCUT2D eigenvalue weighted by molar-refractivity contribution is 0.171. The molecule has 0 radical (unpaired) electrons. The first-order valence-corrected chi connectivity index (χ1v) is 7.47. The van der Waals surface area contributed by atoms with Crippen LogP contribution in [0.25, 0.3) is 0 Å². The van der Waals surface area contributed by atoms with E-state index in [9.17, 15) is 0 Å². The van der Waals surface area contributed by atoms with E-state index in [2.05, 4.69) is 15.5 Å². The van der Waals surface area contributed by atoms with Crippen LogP contribution >= 0.6 is 34.8 Å². The third kappa shape index (κ3) is 3.38. The first-order chi connectivity index (χ1) is 10.6. The minimum absolute atomic E-state index is 0.156. The summed E-state index contributed by atoms with van der Waals surface area (Å²) in [7, 11) is 0. The van der Waals surface area contributed by atoms with Crippen LogP contribution < -0.4 is 14.9 Å². The number of hydrazone groups is 1. The van der Waals surface area contributed by atoms with Crippen LogP contribution in [0.4, 0.5) is 5.82 Å². The molecule has 1 aliphatic heterocycles. The molecule has 0 saturated heterocycles. The largest absolute Gasteiger partial charge is 0.486 e. The molecule has 0 bridgehead atoms. The van der Waals surface area contributed by atoms with E-state index >= 15 is 0 Å². The number of fused-ring (bicyclic) bond motifs is 1. The van der Waals surface area contributed by atoms with Gasteiger partial charge in [-0.1, -0.05) is 34.8 Å². The molecule has 0 spiro atoms. The molecule has 5 nitrogen and oxygen atoms in total. The predicted octanol–water partition coefficient (Wildman–Crippen LogP) is 4.26. The Morgan fingerprint density at radius 1 is 1.05 bits per heavy atom. The highest BCUT2D eigenvalue weighted by molar-refractivity contribution is 6.42. The van der Waals surface area contributed by atoms with Crippen LogP contribution in [0.15, 0.2) is 29.4 Å². The number of halogens is 3. The van der Waals surface area contributed by atoms with Gasteiger partial charge in [-0.3, -0.25) is 5.43 Å². The van der Waals surface area contributed by atoms with Gasteiger partial charge in [0.05, 0.1) is 16.3 Å². The fourth-order valence-electron chi connectivity index (χ4n) is 1.83. The van der Waals surface area contributed by atoms with Gasteiger partial charge in [-0.05, 0) is 29.8 Å². The molecule has 22 heavy (non-hydrogen) atoms.